The molecule has 0 fully saturated rings. The van der Waals surface area contributed by atoms with Gasteiger partial charge >= 0.3 is 5.97 Å². The molecule has 0 aliphatic rings. The van der Waals surface area contributed by atoms with Crippen molar-refractivity contribution in [2.24, 2.45) is 0 Å². The number of benzene rings is 1. The van der Waals surface area contributed by atoms with Crippen LogP contribution in [-0.2, 0) is 5.75 Å². The Kier molecular flexibility index (Phi) is 3.64. The molecule has 0 saturated heterocycles. The van der Waals surface area contributed by atoms with Crippen molar-refractivity contribution >= 4 is 29.1 Å². The van der Waals surface area contributed by atoms with Gasteiger partial charge in [-0.1, -0.05) is 18.2 Å². The molecule has 2 aromatic rings. The molecule has 4 heteroatoms. The van der Waals surface area contributed by atoms with E-state index in [2.05, 4.69) is 6.07 Å². The third-order valence-electron chi connectivity index (χ3n) is 2.07. The first kappa shape index (κ1) is 11.2. The molecule has 0 aliphatic carbocycles. The molecule has 1 aromatic carbocycles. The first-order valence-corrected chi connectivity index (χ1v) is 6.61. The smallest absolute Gasteiger partial charge is 0.336 e. The molecular formula is C12H10O2S2. The normalized spacial score (nSPS) is 10.2. The van der Waals surface area contributed by atoms with Crippen LogP contribution in [-0.4, -0.2) is 11.1 Å². The van der Waals surface area contributed by atoms with E-state index in [1.165, 1.54) is 4.88 Å². The fraction of sp³-hybridized carbons (Fsp3) is 0.0833. The summed E-state index contributed by atoms with van der Waals surface area (Å²) < 4.78 is 0. The Labute approximate surface area is 102 Å². The van der Waals surface area contributed by atoms with Gasteiger partial charge in [-0.25, -0.2) is 4.79 Å². The molecule has 0 amide bonds. The Bertz CT molecular complexity index is 478. The second-order valence-corrected chi connectivity index (χ2v) is 5.22. The second-order valence-electron chi connectivity index (χ2n) is 3.17. The van der Waals surface area contributed by atoms with Gasteiger partial charge in [-0.3, -0.25) is 0 Å². The van der Waals surface area contributed by atoms with Crippen LogP contribution >= 0.6 is 23.1 Å². The number of thioether (sulfide) groups is 1. The monoisotopic (exact) mass is 250 g/mol. The molecule has 0 spiro atoms. The third kappa shape index (κ3) is 2.65. The van der Waals surface area contributed by atoms with Crippen LogP contribution in [0.1, 0.15) is 15.2 Å². The van der Waals surface area contributed by atoms with Crippen LogP contribution in [0.4, 0.5) is 0 Å². The summed E-state index contributed by atoms with van der Waals surface area (Å²) >= 11 is 3.25. The van der Waals surface area contributed by atoms with Crippen molar-refractivity contribution in [3.8, 4) is 0 Å². The summed E-state index contributed by atoms with van der Waals surface area (Å²) in [4.78, 5) is 13.0. The highest BCUT2D eigenvalue weighted by molar-refractivity contribution is 7.98. The quantitative estimate of drug-likeness (QED) is 0.840. The van der Waals surface area contributed by atoms with Crippen LogP contribution in [0.5, 0.6) is 0 Å². The maximum atomic E-state index is 11.0. The number of aromatic carboxylic acids is 1. The van der Waals surface area contributed by atoms with Gasteiger partial charge in [0.2, 0.25) is 0 Å². The molecule has 16 heavy (non-hydrogen) atoms. The largest absolute Gasteiger partial charge is 0.478 e. The lowest BCUT2D eigenvalue weighted by atomic mass is 10.2. The lowest BCUT2D eigenvalue weighted by Gasteiger charge is -2.03. The number of thiophene rings is 1. The van der Waals surface area contributed by atoms with Gasteiger partial charge in [-0.2, -0.15) is 0 Å². The van der Waals surface area contributed by atoms with E-state index in [1.54, 1.807) is 35.2 Å². The highest BCUT2D eigenvalue weighted by atomic mass is 32.2. The van der Waals surface area contributed by atoms with Gasteiger partial charge in [0, 0.05) is 15.5 Å². The average molecular weight is 250 g/mol. The van der Waals surface area contributed by atoms with E-state index < -0.39 is 5.97 Å². The van der Waals surface area contributed by atoms with Crippen molar-refractivity contribution in [1.29, 1.82) is 0 Å². The molecule has 1 N–H and O–H groups in total. The van der Waals surface area contributed by atoms with E-state index in [9.17, 15) is 4.79 Å². The topological polar surface area (TPSA) is 37.3 Å². The minimum Gasteiger partial charge on any atom is -0.478 e. The molecule has 2 nitrogen and oxygen atoms in total. The van der Waals surface area contributed by atoms with Gasteiger partial charge in [-0.05, 0) is 23.6 Å². The molecule has 0 aliphatic heterocycles. The summed E-state index contributed by atoms with van der Waals surface area (Å²) in [5.74, 6) is -0.0450. The van der Waals surface area contributed by atoms with Crippen molar-refractivity contribution in [1.82, 2.24) is 0 Å². The van der Waals surface area contributed by atoms with E-state index in [1.807, 2.05) is 23.6 Å². The second kappa shape index (κ2) is 5.18. The van der Waals surface area contributed by atoms with Crippen molar-refractivity contribution in [3.05, 3.63) is 52.2 Å². The maximum Gasteiger partial charge on any atom is 0.336 e. The third-order valence-corrected chi connectivity index (χ3v) is 4.25. The number of hydrogen-bond acceptors (Lipinski definition) is 3. The fourth-order valence-corrected chi connectivity index (χ4v) is 3.13. The molecule has 0 radical (unpaired) electrons. The minimum atomic E-state index is -0.866. The number of carboxylic acids is 1. The molecule has 1 aromatic heterocycles. The number of carbonyl (C=O) groups is 1. The maximum absolute atomic E-state index is 11.0. The zero-order valence-corrected chi connectivity index (χ0v) is 10.1. The first-order chi connectivity index (χ1) is 7.77. The summed E-state index contributed by atoms with van der Waals surface area (Å²) in [5.41, 5.74) is 0.379. The van der Waals surface area contributed by atoms with Crippen molar-refractivity contribution < 1.29 is 9.90 Å². The Hall–Kier alpha value is -1.26. The van der Waals surface area contributed by atoms with Crippen molar-refractivity contribution in [2.75, 3.05) is 0 Å². The highest BCUT2D eigenvalue weighted by Gasteiger charge is 2.09. The van der Waals surface area contributed by atoms with E-state index in [-0.39, 0.29) is 0 Å². The number of rotatable bonds is 4. The summed E-state index contributed by atoms with van der Waals surface area (Å²) in [6, 6.07) is 11.2. The van der Waals surface area contributed by atoms with E-state index in [0.29, 0.717) is 5.56 Å². The molecule has 0 saturated carbocycles. The minimum absolute atomic E-state index is 0.379. The van der Waals surface area contributed by atoms with Crippen LogP contribution in [0, 0.1) is 0 Å². The lowest BCUT2D eigenvalue weighted by Crippen LogP contribution is -1.98. The molecule has 1 heterocycles. The predicted octanol–water partition coefficient (Wildman–Crippen LogP) is 3.74. The Morgan fingerprint density at radius 1 is 1.25 bits per heavy atom. The standard InChI is InChI=1S/C12H10O2S2/c13-12(14)10-5-1-2-6-11(10)16-8-9-4-3-7-15-9/h1-7H,8H2,(H,13,14). The SMILES string of the molecule is O=C(O)c1ccccc1SCc1cccs1. The van der Waals surface area contributed by atoms with Crippen LogP contribution in [0.15, 0.2) is 46.7 Å². The zero-order chi connectivity index (χ0) is 11.4. The van der Waals surface area contributed by atoms with Crippen LogP contribution in [0.2, 0.25) is 0 Å². The number of carboxylic acid groups (broad SMARTS) is 1. The van der Waals surface area contributed by atoms with Gasteiger partial charge in [0.1, 0.15) is 0 Å². The predicted molar refractivity (Wildman–Crippen MR) is 67.3 cm³/mol. The van der Waals surface area contributed by atoms with E-state index >= 15 is 0 Å². The number of hydrogen-bond donors (Lipinski definition) is 1. The summed E-state index contributed by atoms with van der Waals surface area (Å²) in [5, 5.41) is 11.0. The molecule has 0 atom stereocenters. The Morgan fingerprint density at radius 2 is 2.06 bits per heavy atom. The van der Waals surface area contributed by atoms with E-state index in [0.717, 1.165) is 10.6 Å². The van der Waals surface area contributed by atoms with Crippen molar-refractivity contribution in [2.45, 2.75) is 10.6 Å². The van der Waals surface area contributed by atoms with E-state index in [4.69, 9.17) is 5.11 Å². The molecule has 0 bridgehead atoms. The van der Waals surface area contributed by atoms with Crippen molar-refractivity contribution in [3.63, 3.8) is 0 Å². The van der Waals surface area contributed by atoms with Crippen LogP contribution in [0.25, 0.3) is 0 Å². The molecule has 82 valence electrons. The van der Waals surface area contributed by atoms with Crippen LogP contribution < -0.4 is 0 Å². The average Bonchev–Trinajstić information content (AvgIpc) is 2.79. The summed E-state index contributed by atoms with van der Waals surface area (Å²) in [6.45, 7) is 0. The molecule has 2 rings (SSSR count). The summed E-state index contributed by atoms with van der Waals surface area (Å²) in [7, 11) is 0. The van der Waals surface area contributed by atoms with Crippen LogP contribution in [0.3, 0.4) is 0 Å². The van der Waals surface area contributed by atoms with Gasteiger partial charge in [0.15, 0.2) is 0 Å². The zero-order valence-electron chi connectivity index (χ0n) is 8.42. The molecule has 0 unspecified atom stereocenters. The highest BCUT2D eigenvalue weighted by Crippen LogP contribution is 2.27. The van der Waals surface area contributed by atoms with Gasteiger partial charge in [-0.15, -0.1) is 23.1 Å². The molecular weight excluding hydrogens is 240 g/mol. The Balaban J connectivity index is 2.12. The fourth-order valence-electron chi connectivity index (χ4n) is 1.31. The van der Waals surface area contributed by atoms with Gasteiger partial charge < -0.3 is 5.11 Å². The lowest BCUT2D eigenvalue weighted by molar-refractivity contribution is 0.0693. The first-order valence-electron chi connectivity index (χ1n) is 4.75. The van der Waals surface area contributed by atoms with Gasteiger partial charge in [0.05, 0.1) is 5.56 Å². The Morgan fingerprint density at radius 3 is 2.75 bits per heavy atom. The summed E-state index contributed by atoms with van der Waals surface area (Å²) in [6.07, 6.45) is 0. The van der Waals surface area contributed by atoms with Gasteiger partial charge in [0.25, 0.3) is 0 Å².